The Morgan fingerprint density at radius 2 is 1.10 bits per heavy atom. The van der Waals surface area contributed by atoms with Gasteiger partial charge in [0.15, 0.2) is 0 Å². The zero-order valence-corrected chi connectivity index (χ0v) is 27.9. The molecule has 2 heteroatoms. The van der Waals surface area contributed by atoms with Crippen LogP contribution in [-0.4, -0.2) is 6.54 Å². The van der Waals surface area contributed by atoms with Crippen LogP contribution in [0.5, 0.6) is 0 Å². The molecule has 0 N–H and O–H groups in total. The molecule has 0 fully saturated rings. The first-order chi connectivity index (χ1) is 23.6. The lowest BCUT2D eigenvalue weighted by molar-refractivity contribution is 0.713. The summed E-state index contributed by atoms with van der Waals surface area (Å²) in [5, 5.41) is 0. The first-order valence-electron chi connectivity index (χ1n) is 17.0. The fourth-order valence-corrected chi connectivity index (χ4v) is 7.30. The average Bonchev–Trinajstić information content (AvgIpc) is 3.40. The van der Waals surface area contributed by atoms with Crippen molar-refractivity contribution in [2.45, 2.75) is 32.1 Å². The molecule has 6 aromatic rings. The van der Waals surface area contributed by atoms with Crippen molar-refractivity contribution in [3.05, 3.63) is 199 Å². The Kier molecular flexibility index (Phi) is 8.81. The lowest BCUT2D eigenvalue weighted by atomic mass is 9.74. The summed E-state index contributed by atoms with van der Waals surface area (Å²) in [6.07, 6.45) is 8.03. The number of hydrogen-bond acceptors (Lipinski definition) is 2. The van der Waals surface area contributed by atoms with Crippen LogP contribution in [0.2, 0.25) is 0 Å². The Morgan fingerprint density at radius 1 is 0.583 bits per heavy atom. The number of anilines is 5. The highest BCUT2D eigenvalue weighted by atomic mass is 15.1. The third-order valence-electron chi connectivity index (χ3n) is 9.76. The molecule has 0 bridgehead atoms. The van der Waals surface area contributed by atoms with Crippen LogP contribution < -0.4 is 9.80 Å². The standard InChI is InChI=1S/C46H42N2/c1-4-6-7-11-18-35-25-27-39(28-26-35)48(38-23-16-10-17-24-38)41-30-32-43-42-31-29-40(47(5-2)37-21-14-9-15-22-37)33-44(42)46(3,45(43)34-41)36-19-12-8-13-20-36/h4,6-10,12-17,19-34H,1,5,11,18H2,2-3H3/b7-6+. The van der Waals surface area contributed by atoms with Gasteiger partial charge in [0, 0.05) is 40.4 Å². The van der Waals surface area contributed by atoms with E-state index in [4.69, 9.17) is 0 Å². The number of aryl methyl sites for hydroxylation is 1. The monoisotopic (exact) mass is 622 g/mol. The summed E-state index contributed by atoms with van der Waals surface area (Å²) in [7, 11) is 0. The third-order valence-corrected chi connectivity index (χ3v) is 9.76. The molecule has 0 saturated carbocycles. The molecule has 1 aliphatic rings. The maximum atomic E-state index is 3.78. The summed E-state index contributed by atoms with van der Waals surface area (Å²) in [5.74, 6) is 0. The molecule has 1 unspecified atom stereocenters. The number of para-hydroxylation sites is 2. The molecule has 1 atom stereocenters. The van der Waals surface area contributed by atoms with Crippen molar-refractivity contribution in [1.29, 1.82) is 0 Å². The Bertz CT molecular complexity index is 2030. The fraction of sp³-hybridized carbons (Fsp3) is 0.130. The number of allylic oxidation sites excluding steroid dienone is 3. The average molecular weight is 623 g/mol. The van der Waals surface area contributed by atoms with Crippen LogP contribution in [0.4, 0.5) is 28.4 Å². The van der Waals surface area contributed by atoms with Gasteiger partial charge < -0.3 is 9.80 Å². The second kappa shape index (κ2) is 13.6. The van der Waals surface area contributed by atoms with E-state index in [-0.39, 0.29) is 5.41 Å². The summed E-state index contributed by atoms with van der Waals surface area (Å²) >= 11 is 0. The van der Waals surface area contributed by atoms with Gasteiger partial charge in [-0.25, -0.2) is 0 Å². The lowest BCUT2D eigenvalue weighted by Gasteiger charge is -2.31. The van der Waals surface area contributed by atoms with E-state index in [1.165, 1.54) is 44.8 Å². The summed E-state index contributed by atoms with van der Waals surface area (Å²) in [6, 6.07) is 55.6. The summed E-state index contributed by atoms with van der Waals surface area (Å²) < 4.78 is 0. The highest BCUT2D eigenvalue weighted by Gasteiger charge is 2.41. The van der Waals surface area contributed by atoms with Gasteiger partial charge in [-0.1, -0.05) is 116 Å². The number of benzene rings is 6. The maximum absolute atomic E-state index is 3.78. The van der Waals surface area contributed by atoms with Gasteiger partial charge in [-0.15, -0.1) is 0 Å². The van der Waals surface area contributed by atoms with Gasteiger partial charge in [-0.2, -0.15) is 0 Å². The van der Waals surface area contributed by atoms with E-state index >= 15 is 0 Å². The van der Waals surface area contributed by atoms with Crippen molar-refractivity contribution < 1.29 is 0 Å². The van der Waals surface area contributed by atoms with Crippen LogP contribution in [0.1, 0.15) is 42.5 Å². The van der Waals surface area contributed by atoms with Gasteiger partial charge in [-0.05, 0) is 121 Å². The van der Waals surface area contributed by atoms with Crippen molar-refractivity contribution in [3.63, 3.8) is 0 Å². The summed E-state index contributed by atoms with van der Waals surface area (Å²) in [5.41, 5.74) is 13.4. The maximum Gasteiger partial charge on any atom is 0.0465 e. The van der Waals surface area contributed by atoms with Gasteiger partial charge in [0.1, 0.15) is 0 Å². The minimum absolute atomic E-state index is 0.334. The zero-order valence-electron chi connectivity index (χ0n) is 27.9. The number of nitrogens with zero attached hydrogens (tertiary/aromatic N) is 2. The molecule has 0 saturated heterocycles. The van der Waals surface area contributed by atoms with Crippen LogP contribution in [0.25, 0.3) is 11.1 Å². The molecule has 1 aliphatic carbocycles. The molecule has 0 spiro atoms. The van der Waals surface area contributed by atoms with Gasteiger partial charge in [0.2, 0.25) is 0 Å². The van der Waals surface area contributed by atoms with E-state index in [0.717, 1.165) is 36.4 Å². The van der Waals surface area contributed by atoms with Crippen LogP contribution in [0.3, 0.4) is 0 Å². The molecule has 236 valence electrons. The quantitative estimate of drug-likeness (QED) is 0.133. The smallest absolute Gasteiger partial charge is 0.0465 e. The Hall–Kier alpha value is -5.60. The molecular weight excluding hydrogens is 581 g/mol. The van der Waals surface area contributed by atoms with Crippen molar-refractivity contribution in [1.82, 2.24) is 0 Å². The molecular formula is C46H42N2. The van der Waals surface area contributed by atoms with Gasteiger partial charge in [-0.3, -0.25) is 0 Å². The molecule has 0 aliphatic heterocycles. The van der Waals surface area contributed by atoms with Crippen LogP contribution >= 0.6 is 0 Å². The molecule has 2 nitrogen and oxygen atoms in total. The predicted octanol–water partition coefficient (Wildman–Crippen LogP) is 12.3. The second-order valence-corrected chi connectivity index (χ2v) is 12.6. The normalized spacial score (nSPS) is 14.8. The first kappa shape index (κ1) is 31.0. The Balaban J connectivity index is 1.34. The molecule has 0 amide bonds. The number of rotatable bonds is 11. The molecule has 0 radical (unpaired) electrons. The van der Waals surface area contributed by atoms with Crippen molar-refractivity contribution >= 4 is 28.4 Å². The SMILES string of the molecule is C=C/C=C/CCc1ccc(N(c2ccccc2)c2ccc3c(c2)C(C)(c2ccccc2)c2cc(N(CC)c4ccccc4)ccc2-3)cc1. The molecule has 7 rings (SSSR count). The van der Waals surface area contributed by atoms with E-state index < -0.39 is 0 Å². The Morgan fingerprint density at radius 3 is 1.71 bits per heavy atom. The largest absolute Gasteiger partial charge is 0.342 e. The number of hydrogen-bond donors (Lipinski definition) is 0. The minimum atomic E-state index is -0.334. The number of fused-ring (bicyclic) bond motifs is 3. The van der Waals surface area contributed by atoms with Gasteiger partial charge in [0.25, 0.3) is 0 Å². The van der Waals surface area contributed by atoms with E-state index in [1.807, 2.05) is 12.2 Å². The fourth-order valence-electron chi connectivity index (χ4n) is 7.30. The van der Waals surface area contributed by atoms with Crippen molar-refractivity contribution in [2.24, 2.45) is 0 Å². The van der Waals surface area contributed by atoms with E-state index in [9.17, 15) is 0 Å². The highest BCUT2D eigenvalue weighted by molar-refractivity contribution is 5.88. The molecule has 0 aromatic heterocycles. The lowest BCUT2D eigenvalue weighted by Crippen LogP contribution is -2.24. The second-order valence-electron chi connectivity index (χ2n) is 12.6. The van der Waals surface area contributed by atoms with Crippen LogP contribution in [-0.2, 0) is 11.8 Å². The van der Waals surface area contributed by atoms with Gasteiger partial charge in [0.05, 0.1) is 0 Å². The van der Waals surface area contributed by atoms with Gasteiger partial charge >= 0.3 is 0 Å². The summed E-state index contributed by atoms with van der Waals surface area (Å²) in [4.78, 5) is 4.78. The van der Waals surface area contributed by atoms with E-state index in [2.05, 4.69) is 188 Å². The van der Waals surface area contributed by atoms with Crippen molar-refractivity contribution in [2.75, 3.05) is 16.3 Å². The topological polar surface area (TPSA) is 6.48 Å². The molecule has 6 aromatic carbocycles. The van der Waals surface area contributed by atoms with Crippen molar-refractivity contribution in [3.8, 4) is 11.1 Å². The van der Waals surface area contributed by atoms with E-state index in [1.54, 1.807) is 0 Å². The predicted molar refractivity (Wildman–Crippen MR) is 205 cm³/mol. The molecule has 48 heavy (non-hydrogen) atoms. The van der Waals surface area contributed by atoms with Crippen LogP contribution in [0, 0.1) is 0 Å². The first-order valence-corrected chi connectivity index (χ1v) is 17.0. The molecule has 0 heterocycles. The zero-order chi connectivity index (χ0) is 32.9. The van der Waals surface area contributed by atoms with E-state index in [0.29, 0.717) is 0 Å². The van der Waals surface area contributed by atoms with Crippen LogP contribution in [0.15, 0.2) is 176 Å². The Labute approximate surface area is 286 Å². The summed E-state index contributed by atoms with van der Waals surface area (Å²) in [6.45, 7) is 9.30. The minimum Gasteiger partial charge on any atom is -0.342 e. The third kappa shape index (κ3) is 5.75. The highest BCUT2D eigenvalue weighted by Crippen LogP contribution is 2.55.